The minimum atomic E-state index is -0.209. The Morgan fingerprint density at radius 3 is 2.95 bits per heavy atom. The van der Waals surface area contributed by atoms with Crippen LogP contribution >= 0.6 is 23.1 Å². The van der Waals surface area contributed by atoms with E-state index in [1.807, 2.05) is 24.3 Å². The van der Waals surface area contributed by atoms with Gasteiger partial charge < -0.3 is 10.6 Å². The number of benzene rings is 1. The summed E-state index contributed by atoms with van der Waals surface area (Å²) in [5.41, 5.74) is 1.11. The molecule has 1 aromatic heterocycles. The normalized spacial score (nSPS) is 18.6. The summed E-state index contributed by atoms with van der Waals surface area (Å²) in [7, 11) is 0. The highest BCUT2D eigenvalue weighted by molar-refractivity contribution is 7.09. The fraction of sp³-hybridized carbons (Fsp3) is 0.400. The number of hydrogen-bond acceptors (Lipinski definition) is 5. The summed E-state index contributed by atoms with van der Waals surface area (Å²) in [6.07, 6.45) is 3.55. The van der Waals surface area contributed by atoms with Gasteiger partial charge in [-0.2, -0.15) is 4.37 Å². The minimum Gasteiger partial charge on any atom is -0.354 e. The quantitative estimate of drug-likeness (QED) is 0.901. The van der Waals surface area contributed by atoms with Crippen LogP contribution < -0.4 is 10.6 Å². The van der Waals surface area contributed by atoms with E-state index in [1.165, 1.54) is 11.5 Å². The monoisotopic (exact) mass is 336 g/mol. The van der Waals surface area contributed by atoms with Crippen LogP contribution in [0.25, 0.3) is 0 Å². The molecule has 0 spiro atoms. The summed E-state index contributed by atoms with van der Waals surface area (Å²) >= 11 is 7.17. The summed E-state index contributed by atoms with van der Waals surface area (Å²) in [4.78, 5) is 16.4. The molecule has 1 unspecified atom stereocenters. The van der Waals surface area contributed by atoms with Crippen molar-refractivity contribution in [3.8, 4) is 0 Å². The molecule has 0 bridgehead atoms. The summed E-state index contributed by atoms with van der Waals surface area (Å²) in [5.74, 6) is 0.802. The minimum absolute atomic E-state index is 0.0481. The number of amides is 1. The molecule has 1 aliphatic rings. The van der Waals surface area contributed by atoms with E-state index in [1.54, 1.807) is 0 Å². The first-order chi connectivity index (χ1) is 10.7. The molecule has 0 aliphatic carbocycles. The van der Waals surface area contributed by atoms with Crippen LogP contribution in [0.4, 0.5) is 5.13 Å². The number of nitrogens with zero attached hydrogens (tertiary/aromatic N) is 2. The Morgan fingerprint density at radius 2 is 2.14 bits per heavy atom. The number of hydrogen-bond donors (Lipinski definition) is 2. The predicted octanol–water partition coefficient (Wildman–Crippen LogP) is 2.86. The van der Waals surface area contributed by atoms with Gasteiger partial charge in [-0.05, 0) is 37.0 Å². The lowest BCUT2D eigenvalue weighted by Gasteiger charge is -2.13. The van der Waals surface area contributed by atoms with Crippen molar-refractivity contribution in [1.82, 2.24) is 14.7 Å². The van der Waals surface area contributed by atoms with E-state index in [-0.39, 0.29) is 11.9 Å². The first kappa shape index (κ1) is 15.2. The van der Waals surface area contributed by atoms with E-state index in [4.69, 9.17) is 11.6 Å². The average Bonchev–Trinajstić information content (AvgIpc) is 2.85. The average molecular weight is 337 g/mol. The Labute approximate surface area is 138 Å². The van der Waals surface area contributed by atoms with E-state index < -0.39 is 0 Å². The third-order valence-electron chi connectivity index (χ3n) is 3.58. The summed E-state index contributed by atoms with van der Waals surface area (Å²) in [5, 5.41) is 7.53. The number of anilines is 1. The third-order valence-corrected chi connectivity index (χ3v) is 4.51. The van der Waals surface area contributed by atoms with Crippen molar-refractivity contribution in [2.24, 2.45) is 0 Å². The molecule has 2 N–H and O–H groups in total. The summed E-state index contributed by atoms with van der Waals surface area (Å²) < 4.78 is 4.35. The lowest BCUT2D eigenvalue weighted by atomic mass is 10.1. The van der Waals surface area contributed by atoms with Crippen molar-refractivity contribution in [3.05, 3.63) is 40.7 Å². The Kier molecular flexibility index (Phi) is 4.90. The number of halogens is 1. The van der Waals surface area contributed by atoms with Gasteiger partial charge in [-0.25, -0.2) is 4.98 Å². The van der Waals surface area contributed by atoms with Crippen LogP contribution in [0, 0.1) is 0 Å². The number of nitrogens with one attached hydrogen (secondary N) is 2. The summed E-state index contributed by atoms with van der Waals surface area (Å²) in [6, 6.07) is 7.44. The van der Waals surface area contributed by atoms with Crippen LogP contribution in [0.3, 0.4) is 0 Å². The first-order valence-electron chi connectivity index (χ1n) is 7.32. The molecule has 0 radical (unpaired) electrons. The second kappa shape index (κ2) is 7.07. The van der Waals surface area contributed by atoms with Crippen LogP contribution in [-0.2, 0) is 11.2 Å². The van der Waals surface area contributed by atoms with Gasteiger partial charge in [0.2, 0.25) is 11.0 Å². The molecule has 22 heavy (non-hydrogen) atoms. The molecule has 1 saturated heterocycles. The third kappa shape index (κ3) is 3.96. The lowest BCUT2D eigenvalue weighted by molar-refractivity contribution is -0.121. The van der Waals surface area contributed by atoms with Crippen LogP contribution in [-0.4, -0.2) is 27.9 Å². The van der Waals surface area contributed by atoms with E-state index in [0.717, 1.165) is 42.2 Å². The molecular weight excluding hydrogens is 320 g/mol. The Morgan fingerprint density at radius 1 is 1.32 bits per heavy atom. The smallest absolute Gasteiger partial charge is 0.242 e. The molecule has 7 heteroatoms. The molecule has 0 saturated carbocycles. The number of carbonyl (C=O) groups is 1. The number of rotatable bonds is 4. The van der Waals surface area contributed by atoms with Crippen LogP contribution in [0.15, 0.2) is 24.3 Å². The van der Waals surface area contributed by atoms with Crippen molar-refractivity contribution >= 4 is 34.2 Å². The Hall–Kier alpha value is -1.66. The van der Waals surface area contributed by atoms with Gasteiger partial charge in [0, 0.05) is 29.5 Å². The van der Waals surface area contributed by atoms with Gasteiger partial charge in [-0.1, -0.05) is 23.7 Å². The standard InChI is InChI=1S/C15H17ClN4OS/c16-11-6-4-10(5-7-11)9-13-19-15(22-20-13)18-12-3-1-2-8-17-14(12)21/h4-7,12H,1-3,8-9H2,(H,17,21)(H,18,19,20). The van der Waals surface area contributed by atoms with E-state index >= 15 is 0 Å². The zero-order valence-corrected chi connectivity index (χ0v) is 13.6. The topological polar surface area (TPSA) is 66.9 Å². The molecule has 2 aromatic rings. The van der Waals surface area contributed by atoms with Crippen molar-refractivity contribution in [3.63, 3.8) is 0 Å². The van der Waals surface area contributed by atoms with Gasteiger partial charge in [0.1, 0.15) is 11.9 Å². The van der Waals surface area contributed by atoms with Gasteiger partial charge in [0.05, 0.1) is 0 Å². The highest BCUT2D eigenvalue weighted by Crippen LogP contribution is 2.18. The number of aromatic nitrogens is 2. The van der Waals surface area contributed by atoms with E-state index in [9.17, 15) is 4.79 Å². The van der Waals surface area contributed by atoms with Gasteiger partial charge >= 0.3 is 0 Å². The largest absolute Gasteiger partial charge is 0.354 e. The zero-order valence-electron chi connectivity index (χ0n) is 12.0. The molecule has 116 valence electrons. The zero-order chi connectivity index (χ0) is 15.4. The van der Waals surface area contributed by atoms with Crippen LogP contribution in [0.1, 0.15) is 30.7 Å². The van der Waals surface area contributed by atoms with Gasteiger partial charge in [0.15, 0.2) is 0 Å². The van der Waals surface area contributed by atoms with E-state index in [0.29, 0.717) is 11.6 Å². The Bertz CT molecular complexity index is 643. The summed E-state index contributed by atoms with van der Waals surface area (Å²) in [6.45, 7) is 0.759. The van der Waals surface area contributed by atoms with Crippen LogP contribution in [0.2, 0.25) is 5.02 Å². The molecule has 1 fully saturated rings. The van der Waals surface area contributed by atoms with Gasteiger partial charge in [-0.15, -0.1) is 0 Å². The maximum absolute atomic E-state index is 11.9. The molecule has 1 aliphatic heterocycles. The lowest BCUT2D eigenvalue weighted by Crippen LogP contribution is -2.37. The van der Waals surface area contributed by atoms with Crippen molar-refractivity contribution in [2.75, 3.05) is 11.9 Å². The van der Waals surface area contributed by atoms with Crippen molar-refractivity contribution in [2.45, 2.75) is 31.7 Å². The fourth-order valence-corrected chi connectivity index (χ4v) is 3.16. The Balaban J connectivity index is 1.63. The molecular formula is C15H17ClN4OS. The fourth-order valence-electron chi connectivity index (χ4n) is 2.40. The molecule has 1 atom stereocenters. The van der Waals surface area contributed by atoms with Gasteiger partial charge in [0.25, 0.3) is 0 Å². The molecule has 3 rings (SSSR count). The van der Waals surface area contributed by atoms with E-state index in [2.05, 4.69) is 20.0 Å². The highest BCUT2D eigenvalue weighted by atomic mass is 35.5. The molecule has 5 nitrogen and oxygen atoms in total. The molecule has 1 aromatic carbocycles. The maximum Gasteiger partial charge on any atom is 0.242 e. The first-order valence-corrected chi connectivity index (χ1v) is 8.47. The molecule has 2 heterocycles. The predicted molar refractivity (Wildman–Crippen MR) is 88.4 cm³/mol. The van der Waals surface area contributed by atoms with Gasteiger partial charge in [-0.3, -0.25) is 4.79 Å². The maximum atomic E-state index is 11.9. The molecule has 1 amide bonds. The van der Waals surface area contributed by atoms with Crippen molar-refractivity contribution in [1.29, 1.82) is 0 Å². The highest BCUT2D eigenvalue weighted by Gasteiger charge is 2.21. The second-order valence-corrected chi connectivity index (χ2v) is 6.49. The van der Waals surface area contributed by atoms with Crippen molar-refractivity contribution < 1.29 is 4.79 Å². The second-order valence-electron chi connectivity index (χ2n) is 5.30. The number of carbonyl (C=O) groups excluding carboxylic acids is 1. The van der Waals surface area contributed by atoms with Crippen LogP contribution in [0.5, 0.6) is 0 Å². The SMILES string of the molecule is O=C1NCCCCC1Nc1nc(Cc2ccc(Cl)cc2)ns1.